The molecule has 1 atom stereocenters. The van der Waals surface area contributed by atoms with Crippen LogP contribution in [0.15, 0.2) is 0 Å². The van der Waals surface area contributed by atoms with Gasteiger partial charge in [-0.25, -0.2) is 4.79 Å². The van der Waals surface area contributed by atoms with Crippen LogP contribution in [0.1, 0.15) is 40.5 Å². The molecule has 0 heterocycles. The van der Waals surface area contributed by atoms with E-state index >= 15 is 0 Å². The van der Waals surface area contributed by atoms with Crippen molar-refractivity contribution in [3.05, 3.63) is 0 Å². The van der Waals surface area contributed by atoms with E-state index in [-0.39, 0.29) is 18.4 Å². The number of carbonyl (C=O) groups is 2. The normalized spacial score (nSPS) is 13.1. The van der Waals surface area contributed by atoms with Gasteiger partial charge >= 0.3 is 12.0 Å². The van der Waals surface area contributed by atoms with Crippen molar-refractivity contribution >= 4 is 12.0 Å². The summed E-state index contributed by atoms with van der Waals surface area (Å²) >= 11 is 0. The third-order valence-corrected chi connectivity index (χ3v) is 2.78. The third-order valence-electron chi connectivity index (χ3n) is 2.78. The smallest absolute Gasteiger partial charge is 0.315 e. The second-order valence-corrected chi connectivity index (χ2v) is 6.25. The van der Waals surface area contributed by atoms with E-state index < -0.39 is 11.5 Å². The second kappa shape index (κ2) is 8.79. The van der Waals surface area contributed by atoms with Gasteiger partial charge in [0.1, 0.15) is 0 Å². The minimum absolute atomic E-state index is 0.0520. The molecule has 0 aromatic rings. The molecule has 20 heavy (non-hydrogen) atoms. The van der Waals surface area contributed by atoms with Crippen LogP contribution in [-0.2, 0) is 9.53 Å². The van der Waals surface area contributed by atoms with Gasteiger partial charge in [-0.15, -0.1) is 0 Å². The summed E-state index contributed by atoms with van der Waals surface area (Å²) in [5.41, 5.74) is -0.459. The summed E-state index contributed by atoms with van der Waals surface area (Å²) in [5.74, 6) is -0.490. The molecule has 0 aliphatic rings. The molecule has 0 aromatic carbocycles. The summed E-state index contributed by atoms with van der Waals surface area (Å²) in [5, 5.41) is 14.4. The quantitative estimate of drug-likeness (QED) is 0.604. The van der Waals surface area contributed by atoms with E-state index in [0.29, 0.717) is 19.1 Å². The minimum atomic E-state index is -0.836. The second-order valence-electron chi connectivity index (χ2n) is 6.25. The number of hydrogen-bond acceptors (Lipinski definition) is 3. The average molecular weight is 288 g/mol. The van der Waals surface area contributed by atoms with E-state index in [2.05, 4.69) is 10.6 Å². The van der Waals surface area contributed by atoms with Crippen LogP contribution in [0.4, 0.5) is 4.79 Å². The Morgan fingerprint density at radius 2 is 1.90 bits per heavy atom. The molecule has 0 unspecified atom stereocenters. The molecular weight excluding hydrogens is 260 g/mol. The molecule has 6 heteroatoms. The van der Waals surface area contributed by atoms with Gasteiger partial charge < -0.3 is 20.5 Å². The highest BCUT2D eigenvalue weighted by Gasteiger charge is 2.21. The van der Waals surface area contributed by atoms with Crippen molar-refractivity contribution in [1.29, 1.82) is 0 Å². The van der Waals surface area contributed by atoms with Crippen molar-refractivity contribution in [2.24, 2.45) is 11.8 Å². The lowest BCUT2D eigenvalue weighted by Gasteiger charge is -2.26. The Morgan fingerprint density at radius 3 is 2.35 bits per heavy atom. The predicted molar refractivity (Wildman–Crippen MR) is 77.7 cm³/mol. The first-order chi connectivity index (χ1) is 9.16. The Morgan fingerprint density at radius 1 is 1.30 bits per heavy atom. The lowest BCUT2D eigenvalue weighted by Crippen LogP contribution is -2.51. The molecule has 3 N–H and O–H groups in total. The Bertz CT molecular complexity index is 316. The molecule has 0 fully saturated rings. The van der Waals surface area contributed by atoms with Crippen LogP contribution in [0, 0.1) is 11.8 Å². The number of ether oxygens (including phenoxy) is 1. The van der Waals surface area contributed by atoms with Crippen molar-refractivity contribution < 1.29 is 19.4 Å². The monoisotopic (exact) mass is 288 g/mol. The van der Waals surface area contributed by atoms with E-state index in [1.807, 2.05) is 27.7 Å². The molecule has 0 bridgehead atoms. The fourth-order valence-electron chi connectivity index (χ4n) is 2.14. The third kappa shape index (κ3) is 9.61. The first-order valence-electron chi connectivity index (χ1n) is 6.93. The minimum Gasteiger partial charge on any atom is -0.481 e. The van der Waals surface area contributed by atoms with Crippen LogP contribution in [0.5, 0.6) is 0 Å². The van der Waals surface area contributed by atoms with Gasteiger partial charge in [-0.3, -0.25) is 4.79 Å². The summed E-state index contributed by atoms with van der Waals surface area (Å²) in [6.07, 6.45) is 0.841. The van der Waals surface area contributed by atoms with E-state index in [1.54, 1.807) is 7.11 Å². The molecule has 0 spiro atoms. The van der Waals surface area contributed by atoms with Crippen LogP contribution in [0.2, 0.25) is 0 Å². The Labute approximate surface area is 121 Å². The summed E-state index contributed by atoms with van der Waals surface area (Å²) in [6, 6.07) is -0.300. The lowest BCUT2D eigenvalue weighted by molar-refractivity contribution is -0.138. The number of carbonyl (C=O) groups excluding carboxylic acids is 1. The molecular formula is C14H28N2O4. The zero-order chi connectivity index (χ0) is 15.8. The average Bonchev–Trinajstić information content (AvgIpc) is 2.23. The summed E-state index contributed by atoms with van der Waals surface area (Å²) in [7, 11) is 1.58. The fraction of sp³-hybridized carbons (Fsp3) is 0.857. The van der Waals surface area contributed by atoms with Gasteiger partial charge in [0.05, 0.1) is 12.1 Å². The molecule has 6 nitrogen and oxygen atoms in total. The van der Waals surface area contributed by atoms with E-state index in [4.69, 9.17) is 9.84 Å². The van der Waals surface area contributed by atoms with E-state index in [9.17, 15) is 9.59 Å². The zero-order valence-corrected chi connectivity index (χ0v) is 13.2. The van der Waals surface area contributed by atoms with Crippen LogP contribution < -0.4 is 10.6 Å². The van der Waals surface area contributed by atoms with Crippen LogP contribution >= 0.6 is 0 Å². The number of aliphatic carboxylic acids is 1. The summed E-state index contributed by atoms with van der Waals surface area (Å²) < 4.78 is 5.02. The van der Waals surface area contributed by atoms with Gasteiger partial charge in [-0.1, -0.05) is 13.8 Å². The summed E-state index contributed by atoms with van der Waals surface area (Å²) in [4.78, 5) is 22.6. The van der Waals surface area contributed by atoms with Gasteiger partial charge in [0, 0.05) is 20.1 Å². The highest BCUT2D eigenvalue weighted by Crippen LogP contribution is 2.14. The zero-order valence-electron chi connectivity index (χ0n) is 13.2. The standard InChI is InChI=1S/C14H28N2O4/c1-10(2)6-11(7-12(17)18)8-15-13(19)16-14(3,4)9-20-5/h10-11H,6-9H2,1-5H3,(H,17,18)(H2,15,16,19)/t11-/m0/s1. The highest BCUT2D eigenvalue weighted by molar-refractivity contribution is 5.74. The molecule has 0 rings (SSSR count). The van der Waals surface area contributed by atoms with Gasteiger partial charge in [0.2, 0.25) is 0 Å². The number of carboxylic acid groups (broad SMARTS) is 1. The molecule has 0 saturated heterocycles. The Balaban J connectivity index is 4.25. The number of rotatable bonds is 9. The van der Waals surface area contributed by atoms with Crippen LogP contribution in [0.3, 0.4) is 0 Å². The number of methoxy groups -OCH3 is 1. The fourth-order valence-corrected chi connectivity index (χ4v) is 2.14. The van der Waals surface area contributed by atoms with Crippen molar-refractivity contribution in [2.45, 2.75) is 46.1 Å². The van der Waals surface area contributed by atoms with Crippen molar-refractivity contribution in [2.75, 3.05) is 20.3 Å². The van der Waals surface area contributed by atoms with Crippen molar-refractivity contribution in [3.8, 4) is 0 Å². The first kappa shape index (κ1) is 18.7. The maximum atomic E-state index is 11.8. The van der Waals surface area contributed by atoms with Gasteiger partial charge in [0.15, 0.2) is 0 Å². The van der Waals surface area contributed by atoms with Crippen LogP contribution in [-0.4, -0.2) is 42.9 Å². The number of urea groups is 1. The largest absolute Gasteiger partial charge is 0.481 e. The van der Waals surface area contributed by atoms with Crippen molar-refractivity contribution in [3.63, 3.8) is 0 Å². The number of carboxylic acids is 1. The molecule has 0 aromatic heterocycles. The van der Waals surface area contributed by atoms with E-state index in [1.165, 1.54) is 0 Å². The Kier molecular flexibility index (Phi) is 8.22. The molecule has 0 aliphatic carbocycles. The number of amides is 2. The molecule has 2 amide bonds. The molecule has 0 aliphatic heterocycles. The molecule has 0 saturated carbocycles. The van der Waals surface area contributed by atoms with Gasteiger partial charge in [-0.2, -0.15) is 0 Å². The number of hydrogen-bond donors (Lipinski definition) is 3. The highest BCUT2D eigenvalue weighted by atomic mass is 16.5. The first-order valence-corrected chi connectivity index (χ1v) is 6.93. The maximum absolute atomic E-state index is 11.8. The van der Waals surface area contributed by atoms with Gasteiger partial charge in [-0.05, 0) is 32.1 Å². The van der Waals surface area contributed by atoms with E-state index in [0.717, 1.165) is 6.42 Å². The number of nitrogens with one attached hydrogen (secondary N) is 2. The lowest BCUT2D eigenvalue weighted by atomic mass is 9.94. The molecule has 0 radical (unpaired) electrons. The maximum Gasteiger partial charge on any atom is 0.315 e. The molecule has 118 valence electrons. The van der Waals surface area contributed by atoms with Crippen molar-refractivity contribution in [1.82, 2.24) is 10.6 Å². The predicted octanol–water partition coefficient (Wildman–Crippen LogP) is 1.85. The topological polar surface area (TPSA) is 87.7 Å². The van der Waals surface area contributed by atoms with Crippen LogP contribution in [0.25, 0.3) is 0 Å². The SMILES string of the molecule is COCC(C)(C)NC(=O)NC[C@H](CC(=O)O)CC(C)C. The van der Waals surface area contributed by atoms with Gasteiger partial charge in [0.25, 0.3) is 0 Å². The Hall–Kier alpha value is -1.30. The summed E-state index contributed by atoms with van der Waals surface area (Å²) in [6.45, 7) is 8.56.